The third kappa shape index (κ3) is 8.71. The summed E-state index contributed by atoms with van der Waals surface area (Å²) in [6.45, 7) is 26.3. The van der Waals surface area contributed by atoms with Gasteiger partial charge in [-0.2, -0.15) is 12.5 Å². The molecule has 4 heterocycles. The largest absolute Gasteiger partial charge is 3.00 e. The molecule has 0 N–H and O–H groups in total. The Balaban J connectivity index is 0.000000250. The zero-order valence-corrected chi connectivity index (χ0v) is 47.2. The van der Waals surface area contributed by atoms with Gasteiger partial charge in [0.15, 0.2) is 0 Å². The van der Waals surface area contributed by atoms with Gasteiger partial charge in [-0.25, -0.2) is 13.8 Å². The van der Waals surface area contributed by atoms with Crippen LogP contribution in [-0.4, -0.2) is 27.6 Å². The number of aromatic nitrogens is 3. The van der Waals surface area contributed by atoms with Gasteiger partial charge in [-0.3, -0.25) is 4.98 Å². The van der Waals surface area contributed by atoms with Crippen LogP contribution in [0, 0.1) is 31.7 Å². The van der Waals surface area contributed by atoms with Crippen molar-refractivity contribution in [2.45, 2.75) is 97.4 Å². The molecule has 0 amide bonds. The smallest absolute Gasteiger partial charge is 0.500 e. The summed E-state index contributed by atoms with van der Waals surface area (Å²) < 4.78 is 46.6. The summed E-state index contributed by atoms with van der Waals surface area (Å²) in [6.07, 6.45) is 1.93. The Bertz CT molecular complexity index is 3890. The Kier molecular flexibility index (Phi) is 13.3. The van der Waals surface area contributed by atoms with E-state index in [1.54, 1.807) is 6.07 Å². The molecule has 0 saturated heterocycles. The van der Waals surface area contributed by atoms with E-state index >= 15 is 4.39 Å². The van der Waals surface area contributed by atoms with Crippen molar-refractivity contribution < 1.29 is 42.6 Å². The number of furan rings is 1. The first kappa shape index (κ1) is 52.1. The van der Waals surface area contributed by atoms with E-state index in [0.29, 0.717) is 51.4 Å². The summed E-state index contributed by atoms with van der Waals surface area (Å²) in [5, 5.41) is 1.08. The van der Waals surface area contributed by atoms with Crippen molar-refractivity contribution in [3.63, 3.8) is 0 Å². The van der Waals surface area contributed by atoms with Gasteiger partial charge < -0.3 is 18.3 Å². The SMILES string of the molecule is CC(C)c1cc(-c2ccc(-c3ccccc3)cc2)cc(C(C)C)c1-n1c(-c2[c-]ccc3c2oc2cc(C4=NC(C)(C)CO4)cc(F)c23)nc2ccccc21.[CH2-]c1cc(F)cc2c1-c1c(ccc[n+]1[CH2-])C(C)(C)C2(C)C.[Ir+3]. The Morgan fingerprint density at radius 1 is 0.697 bits per heavy atom. The molecule has 0 atom stereocenters. The number of halogens is 2. The minimum atomic E-state index is -0.389. The second kappa shape index (κ2) is 19.4. The van der Waals surface area contributed by atoms with Gasteiger partial charge in [-0.1, -0.05) is 151 Å². The van der Waals surface area contributed by atoms with Crippen LogP contribution in [-0.2, 0) is 35.7 Å². The molecule has 1 aliphatic carbocycles. The molecule has 0 spiro atoms. The molecule has 0 fully saturated rings. The fraction of sp³-hybridized carbons (Fsp3) is 0.239. The number of fused-ring (bicyclic) bond motifs is 7. The number of rotatable bonds is 7. The molecule has 1 aliphatic heterocycles. The molecule has 7 aromatic carbocycles. The van der Waals surface area contributed by atoms with Gasteiger partial charge in [0.2, 0.25) is 5.90 Å². The van der Waals surface area contributed by atoms with Crippen LogP contribution in [0.25, 0.3) is 83.6 Å². The Labute approximate surface area is 458 Å². The first-order chi connectivity index (χ1) is 35.7. The van der Waals surface area contributed by atoms with Crippen LogP contribution in [0.5, 0.6) is 0 Å². The van der Waals surface area contributed by atoms with E-state index in [2.05, 4.69) is 164 Å². The first-order valence-electron chi connectivity index (χ1n) is 25.9. The second-order valence-corrected chi connectivity index (χ2v) is 22.5. The summed E-state index contributed by atoms with van der Waals surface area (Å²) >= 11 is 0. The molecular formula is C67H62F2IrN4O2+. The minimum Gasteiger partial charge on any atom is -0.500 e. The summed E-state index contributed by atoms with van der Waals surface area (Å²) in [7, 11) is 4.10. The molecule has 0 bridgehead atoms. The average Bonchev–Trinajstić information content (AvgIpc) is 4.09. The van der Waals surface area contributed by atoms with Crippen molar-refractivity contribution in [1.29, 1.82) is 0 Å². The van der Waals surface area contributed by atoms with E-state index in [9.17, 15) is 4.39 Å². The number of imidazole rings is 1. The zero-order valence-electron chi connectivity index (χ0n) is 44.8. The van der Waals surface area contributed by atoms with Crippen molar-refractivity contribution in [3.8, 4) is 50.6 Å². The predicted molar refractivity (Wildman–Crippen MR) is 301 cm³/mol. The van der Waals surface area contributed by atoms with E-state index in [-0.39, 0.29) is 59.9 Å². The maximum absolute atomic E-state index is 16.1. The average molecular weight is 1190 g/mol. The number of pyridine rings is 1. The Hall–Kier alpha value is -7.32. The van der Waals surface area contributed by atoms with E-state index in [4.69, 9.17) is 14.1 Å². The van der Waals surface area contributed by atoms with Gasteiger partial charge in [-0.05, 0) is 118 Å². The maximum atomic E-state index is 16.1. The van der Waals surface area contributed by atoms with Crippen molar-refractivity contribution in [1.82, 2.24) is 9.55 Å². The number of hydrogen-bond acceptors (Lipinski definition) is 4. The fourth-order valence-corrected chi connectivity index (χ4v) is 11.2. The number of hydrogen-bond donors (Lipinski definition) is 0. The quantitative estimate of drug-likeness (QED) is 0.118. The maximum Gasteiger partial charge on any atom is 3.00 e. The van der Waals surface area contributed by atoms with Crippen molar-refractivity contribution in [3.05, 3.63) is 211 Å². The number of aliphatic imine (C=N–C) groups is 1. The van der Waals surface area contributed by atoms with Crippen LogP contribution in [0.3, 0.4) is 0 Å². The summed E-state index contributed by atoms with van der Waals surface area (Å²) in [4.78, 5) is 9.94. The normalized spacial score (nSPS) is 15.0. The molecule has 10 aromatic rings. The molecule has 384 valence electrons. The van der Waals surface area contributed by atoms with Crippen LogP contribution in [0.2, 0.25) is 0 Å². The summed E-state index contributed by atoms with van der Waals surface area (Å²) in [6, 6.07) is 50.0. The molecule has 0 unspecified atom stereocenters. The monoisotopic (exact) mass is 1190 g/mol. The second-order valence-electron chi connectivity index (χ2n) is 22.5. The molecule has 9 heteroatoms. The summed E-state index contributed by atoms with van der Waals surface area (Å²) in [5.41, 5.74) is 16.6. The van der Waals surface area contributed by atoms with Gasteiger partial charge in [-0.15, -0.1) is 29.8 Å². The number of benzene rings is 7. The van der Waals surface area contributed by atoms with Gasteiger partial charge in [0, 0.05) is 23.7 Å². The van der Waals surface area contributed by atoms with Crippen LogP contribution < -0.4 is 4.57 Å². The molecule has 76 heavy (non-hydrogen) atoms. The van der Waals surface area contributed by atoms with Gasteiger partial charge in [0.25, 0.3) is 0 Å². The summed E-state index contributed by atoms with van der Waals surface area (Å²) in [5.74, 6) is 0.888. The molecule has 0 saturated carbocycles. The minimum absolute atomic E-state index is 0. The van der Waals surface area contributed by atoms with Gasteiger partial charge >= 0.3 is 20.1 Å². The van der Waals surface area contributed by atoms with Crippen LogP contribution in [0.1, 0.15) is 114 Å². The van der Waals surface area contributed by atoms with Crippen LogP contribution >= 0.6 is 0 Å². The van der Waals surface area contributed by atoms with Crippen LogP contribution in [0.4, 0.5) is 8.78 Å². The molecule has 0 radical (unpaired) electrons. The first-order valence-corrected chi connectivity index (χ1v) is 25.9. The molecule has 3 aromatic heterocycles. The molecule has 2 aliphatic rings. The third-order valence-electron chi connectivity index (χ3n) is 15.8. The van der Waals surface area contributed by atoms with Crippen molar-refractivity contribution in [2.24, 2.45) is 4.99 Å². The Morgan fingerprint density at radius 2 is 1.33 bits per heavy atom. The molecule has 6 nitrogen and oxygen atoms in total. The Morgan fingerprint density at radius 3 is 1.99 bits per heavy atom. The van der Waals surface area contributed by atoms with Gasteiger partial charge in [0.05, 0.1) is 45.7 Å². The zero-order chi connectivity index (χ0) is 52.9. The van der Waals surface area contributed by atoms with E-state index < -0.39 is 0 Å². The molecule has 12 rings (SSSR count). The standard InChI is InChI=1S/C48H41FN3O2.C19H21FN.Ir/c1-28(2)37-23-33(32-21-19-31(20-22-32)30-13-8-7-9-14-30)24-38(29(3)4)44(37)52-41-18-11-10-17-40(41)50-46(52)36-16-12-15-35-43-39(49)25-34(26-42(43)54-45(35)36)47-51-48(5,6)27-53-47;1-12-10-13(20)11-15-16(12)17-14(8-7-9-21(17)6)18(2,3)19(15,4)5;/h7-15,17-26,28-29H,27H2,1-6H3;7-11H,1,6H2,2-5H3;/q2*-1;+3. The van der Waals surface area contributed by atoms with Crippen molar-refractivity contribution in [2.75, 3.05) is 6.61 Å². The third-order valence-corrected chi connectivity index (χ3v) is 15.8. The van der Waals surface area contributed by atoms with E-state index in [1.807, 2.05) is 67.1 Å². The number of nitrogens with zero attached hydrogens (tertiary/aromatic N) is 4. The fourth-order valence-electron chi connectivity index (χ4n) is 11.2. The van der Waals surface area contributed by atoms with E-state index in [0.717, 1.165) is 39.1 Å². The van der Waals surface area contributed by atoms with Crippen molar-refractivity contribution >= 4 is 38.9 Å². The van der Waals surface area contributed by atoms with E-state index in [1.165, 1.54) is 51.1 Å². The topological polar surface area (TPSA) is 56.4 Å². The number of ether oxygens (including phenoxy) is 1. The van der Waals surface area contributed by atoms with Gasteiger partial charge in [0.1, 0.15) is 18.0 Å². The molecular weight excluding hydrogens is 1120 g/mol. The predicted octanol–water partition coefficient (Wildman–Crippen LogP) is 16.8. The van der Waals surface area contributed by atoms with Crippen LogP contribution in [0.15, 0.2) is 155 Å². The number of para-hydroxylation sites is 2.